The van der Waals surface area contributed by atoms with Gasteiger partial charge in [-0.05, 0) is 36.8 Å². The second-order valence-corrected chi connectivity index (χ2v) is 6.06. The maximum atomic E-state index is 12.3. The number of hydrogen-bond acceptors (Lipinski definition) is 3. The van der Waals surface area contributed by atoms with Gasteiger partial charge in [0, 0.05) is 16.4 Å². The van der Waals surface area contributed by atoms with Crippen LogP contribution in [0.1, 0.15) is 15.9 Å². The summed E-state index contributed by atoms with van der Waals surface area (Å²) in [6.07, 6.45) is -4.51. The van der Waals surface area contributed by atoms with E-state index in [-0.39, 0.29) is 17.8 Å². The number of benzene rings is 2. The third kappa shape index (κ3) is 6.18. The third-order valence-corrected chi connectivity index (χ3v) is 4.01. The number of anilines is 2. The maximum absolute atomic E-state index is 12.3. The first-order chi connectivity index (χ1) is 12.7. The van der Waals surface area contributed by atoms with E-state index in [1.807, 2.05) is 0 Å². The van der Waals surface area contributed by atoms with Crippen molar-refractivity contribution in [1.82, 2.24) is 5.32 Å². The largest absolute Gasteiger partial charge is 0.405 e. The van der Waals surface area contributed by atoms with Gasteiger partial charge in [0.15, 0.2) is 0 Å². The van der Waals surface area contributed by atoms with E-state index >= 15 is 0 Å². The molecule has 0 fully saturated rings. The van der Waals surface area contributed by atoms with Gasteiger partial charge in [-0.15, -0.1) is 0 Å². The Labute approximate surface area is 158 Å². The first kappa shape index (κ1) is 20.6. The van der Waals surface area contributed by atoms with Crippen molar-refractivity contribution in [3.63, 3.8) is 0 Å². The summed E-state index contributed by atoms with van der Waals surface area (Å²) in [5.41, 5.74) is 1.51. The lowest BCUT2D eigenvalue weighted by atomic mass is 10.1. The fourth-order valence-electron chi connectivity index (χ4n) is 2.22. The molecule has 27 heavy (non-hydrogen) atoms. The van der Waals surface area contributed by atoms with E-state index in [2.05, 4.69) is 10.6 Å². The predicted molar refractivity (Wildman–Crippen MR) is 98.1 cm³/mol. The molecule has 144 valence electrons. The van der Waals surface area contributed by atoms with Crippen LogP contribution < -0.4 is 16.0 Å². The molecule has 0 atom stereocenters. The molecule has 0 heterocycles. The number of alkyl halides is 3. The van der Waals surface area contributed by atoms with Crippen molar-refractivity contribution in [2.75, 3.05) is 23.7 Å². The highest BCUT2D eigenvalue weighted by Gasteiger charge is 2.28. The highest BCUT2D eigenvalue weighted by atomic mass is 35.5. The first-order valence-electron chi connectivity index (χ1n) is 7.90. The van der Waals surface area contributed by atoms with E-state index in [0.717, 1.165) is 0 Å². The summed E-state index contributed by atoms with van der Waals surface area (Å²) in [7, 11) is 0. The van der Waals surface area contributed by atoms with E-state index in [1.165, 1.54) is 18.2 Å². The van der Waals surface area contributed by atoms with E-state index < -0.39 is 24.5 Å². The second kappa shape index (κ2) is 8.77. The van der Waals surface area contributed by atoms with Crippen molar-refractivity contribution in [2.24, 2.45) is 0 Å². The number of para-hydroxylation sites is 1. The monoisotopic (exact) mass is 399 g/mol. The molecule has 2 amide bonds. The Morgan fingerprint density at radius 3 is 2.41 bits per heavy atom. The predicted octanol–water partition coefficient (Wildman–Crippen LogP) is 3.99. The van der Waals surface area contributed by atoms with Gasteiger partial charge in [-0.1, -0.05) is 29.8 Å². The Morgan fingerprint density at radius 2 is 1.70 bits per heavy atom. The highest BCUT2D eigenvalue weighted by molar-refractivity contribution is 6.31. The maximum Gasteiger partial charge on any atom is 0.405 e. The molecule has 0 bridgehead atoms. The molecular formula is C18H17ClF3N3O2. The lowest BCUT2D eigenvalue weighted by molar-refractivity contribution is -0.123. The number of carbonyl (C=O) groups excluding carboxylic acids is 2. The van der Waals surface area contributed by atoms with Gasteiger partial charge < -0.3 is 16.0 Å². The molecule has 3 N–H and O–H groups in total. The van der Waals surface area contributed by atoms with Crippen molar-refractivity contribution in [3.8, 4) is 0 Å². The molecule has 0 unspecified atom stereocenters. The van der Waals surface area contributed by atoms with Gasteiger partial charge in [0.1, 0.15) is 6.54 Å². The molecule has 2 aromatic carbocycles. The van der Waals surface area contributed by atoms with E-state index in [9.17, 15) is 22.8 Å². The first-order valence-corrected chi connectivity index (χ1v) is 8.28. The zero-order valence-electron chi connectivity index (χ0n) is 14.3. The number of hydrogen-bond donors (Lipinski definition) is 3. The summed E-state index contributed by atoms with van der Waals surface area (Å²) in [6, 6.07) is 11.1. The smallest absolute Gasteiger partial charge is 0.376 e. The number of halogens is 4. The minimum atomic E-state index is -4.51. The zero-order valence-corrected chi connectivity index (χ0v) is 15.0. The lowest BCUT2D eigenvalue weighted by Crippen LogP contribution is -2.34. The van der Waals surface area contributed by atoms with Gasteiger partial charge in [-0.2, -0.15) is 13.2 Å². The molecule has 0 saturated carbocycles. The van der Waals surface area contributed by atoms with Crippen LogP contribution in [-0.2, 0) is 4.79 Å². The molecule has 9 heteroatoms. The van der Waals surface area contributed by atoms with Crippen molar-refractivity contribution in [1.29, 1.82) is 0 Å². The standard InChI is InChI=1S/C18H17ClF3N3O2/c1-11-13(19)6-4-8-14(11)25-16(26)9-23-15-7-3-2-5-12(15)17(27)24-10-18(20,21)22/h2-8,23H,9-10H2,1H3,(H,24,27)(H,25,26). The Morgan fingerprint density at radius 1 is 1.04 bits per heavy atom. The minimum absolute atomic E-state index is 0.00786. The Balaban J connectivity index is 2.00. The van der Waals surface area contributed by atoms with Crippen molar-refractivity contribution < 1.29 is 22.8 Å². The quantitative estimate of drug-likeness (QED) is 0.688. The summed E-state index contributed by atoms with van der Waals surface area (Å²) in [5, 5.41) is 7.75. The Hall–Kier alpha value is -2.74. The third-order valence-electron chi connectivity index (χ3n) is 3.60. The van der Waals surface area contributed by atoms with E-state index in [0.29, 0.717) is 16.3 Å². The normalized spacial score (nSPS) is 11.0. The molecule has 0 saturated heterocycles. The lowest BCUT2D eigenvalue weighted by Gasteiger charge is -2.14. The fraction of sp³-hybridized carbons (Fsp3) is 0.222. The van der Waals surface area contributed by atoms with E-state index in [1.54, 1.807) is 36.5 Å². The average molecular weight is 400 g/mol. The number of amides is 2. The van der Waals surface area contributed by atoms with Crippen LogP contribution in [0.3, 0.4) is 0 Å². The van der Waals surface area contributed by atoms with Crippen molar-refractivity contribution >= 4 is 34.8 Å². The van der Waals surface area contributed by atoms with Crippen molar-refractivity contribution in [3.05, 3.63) is 58.6 Å². The van der Waals surface area contributed by atoms with Gasteiger partial charge in [0.25, 0.3) is 5.91 Å². The Kier molecular flexibility index (Phi) is 6.68. The van der Waals surface area contributed by atoms with Gasteiger partial charge in [0.05, 0.1) is 12.1 Å². The van der Waals surface area contributed by atoms with Gasteiger partial charge in [-0.25, -0.2) is 0 Å². The van der Waals surface area contributed by atoms with E-state index in [4.69, 9.17) is 11.6 Å². The van der Waals surface area contributed by atoms with Crippen LogP contribution in [0.15, 0.2) is 42.5 Å². The molecule has 0 spiro atoms. The molecule has 2 rings (SSSR count). The highest BCUT2D eigenvalue weighted by Crippen LogP contribution is 2.23. The van der Waals surface area contributed by atoms with Gasteiger partial charge in [0.2, 0.25) is 5.91 Å². The number of carbonyl (C=O) groups is 2. The average Bonchev–Trinajstić information content (AvgIpc) is 2.61. The molecular weight excluding hydrogens is 383 g/mol. The van der Waals surface area contributed by atoms with Crippen LogP contribution in [0.4, 0.5) is 24.5 Å². The summed E-state index contributed by atoms with van der Waals surface area (Å²) < 4.78 is 36.8. The van der Waals surface area contributed by atoms with Crippen LogP contribution in [-0.4, -0.2) is 31.1 Å². The van der Waals surface area contributed by atoms with Crippen molar-refractivity contribution in [2.45, 2.75) is 13.1 Å². The van der Waals surface area contributed by atoms with Crippen LogP contribution in [0, 0.1) is 6.92 Å². The summed E-state index contributed by atoms with van der Waals surface area (Å²) in [6.45, 7) is 0.135. The molecule has 0 aromatic heterocycles. The minimum Gasteiger partial charge on any atom is -0.376 e. The topological polar surface area (TPSA) is 70.2 Å². The molecule has 0 aliphatic rings. The zero-order chi connectivity index (χ0) is 20.0. The molecule has 2 aromatic rings. The number of rotatable bonds is 6. The van der Waals surface area contributed by atoms with Crippen LogP contribution in [0.5, 0.6) is 0 Å². The second-order valence-electron chi connectivity index (χ2n) is 5.66. The van der Waals surface area contributed by atoms with Crippen LogP contribution in [0.25, 0.3) is 0 Å². The summed E-state index contributed by atoms with van der Waals surface area (Å²) in [4.78, 5) is 24.1. The summed E-state index contributed by atoms with van der Waals surface area (Å²) >= 11 is 6.00. The molecule has 5 nitrogen and oxygen atoms in total. The van der Waals surface area contributed by atoms with Gasteiger partial charge in [-0.3, -0.25) is 9.59 Å². The fourth-order valence-corrected chi connectivity index (χ4v) is 2.40. The molecule has 0 radical (unpaired) electrons. The molecule has 0 aliphatic heterocycles. The summed E-state index contributed by atoms with van der Waals surface area (Å²) in [5.74, 6) is -1.28. The molecule has 0 aliphatic carbocycles. The Bertz CT molecular complexity index is 841. The van der Waals surface area contributed by atoms with Crippen LogP contribution >= 0.6 is 11.6 Å². The number of nitrogens with one attached hydrogen (secondary N) is 3. The SMILES string of the molecule is Cc1c(Cl)cccc1NC(=O)CNc1ccccc1C(=O)NCC(F)(F)F. The van der Waals surface area contributed by atoms with Gasteiger partial charge >= 0.3 is 6.18 Å². The van der Waals surface area contributed by atoms with Crippen LogP contribution in [0.2, 0.25) is 5.02 Å².